The first-order valence-corrected chi connectivity index (χ1v) is 8.92. The Bertz CT molecular complexity index is 423. The lowest BCUT2D eigenvalue weighted by Crippen LogP contribution is -2.10. The van der Waals surface area contributed by atoms with Crippen LogP contribution in [-0.4, -0.2) is 15.7 Å². The molecule has 0 fully saturated rings. The first-order valence-electron chi connectivity index (χ1n) is 7.60. The predicted octanol–water partition coefficient (Wildman–Crippen LogP) is 4.42. The third-order valence-electron chi connectivity index (χ3n) is 3.39. The highest BCUT2D eigenvalue weighted by atomic mass is 32.2. The van der Waals surface area contributed by atoms with E-state index in [4.69, 9.17) is 0 Å². The fourth-order valence-corrected chi connectivity index (χ4v) is 3.14. The molecule has 1 rings (SSSR count). The normalized spacial score (nSPS) is 12.3. The van der Waals surface area contributed by atoms with Crippen molar-refractivity contribution in [2.75, 3.05) is 5.75 Å². The summed E-state index contributed by atoms with van der Waals surface area (Å²) < 4.78 is 12.0. The van der Waals surface area contributed by atoms with Gasteiger partial charge in [-0.05, 0) is 25.5 Å². The molecule has 0 N–H and O–H groups in total. The molecule has 0 aliphatic carbocycles. The Morgan fingerprint density at radius 2 is 1.60 bits per heavy atom. The molecule has 0 heterocycles. The first-order chi connectivity index (χ1) is 9.63. The molecule has 0 aromatic heterocycles. The highest BCUT2D eigenvalue weighted by Gasteiger charge is 2.09. The van der Waals surface area contributed by atoms with Crippen LogP contribution in [0.5, 0.6) is 0 Å². The number of Topliss-reactive ketones (excluding diaryl/α,β-unsaturated/α-hetero) is 1. The minimum Gasteiger partial charge on any atom is -0.299 e. The second-order valence-electron chi connectivity index (χ2n) is 5.36. The summed E-state index contributed by atoms with van der Waals surface area (Å²) >= 11 is 0. The van der Waals surface area contributed by atoms with Gasteiger partial charge in [0, 0.05) is 11.3 Å². The standard InChI is InChI=1S/C17H26O2S/c1-3-4-5-6-7-8-9-16(18)14-20(19)17-12-10-15(2)11-13-17/h10-13H,3-9,14H2,1-2H3/t20-/m1/s1. The molecule has 0 unspecified atom stereocenters. The summed E-state index contributed by atoms with van der Waals surface area (Å²) in [6.07, 6.45) is 7.63. The molecule has 20 heavy (non-hydrogen) atoms. The maximum atomic E-state index is 12.0. The molecule has 0 saturated carbocycles. The number of carbonyl (C=O) groups excluding carboxylic acids is 1. The van der Waals surface area contributed by atoms with Gasteiger partial charge in [0.25, 0.3) is 0 Å². The van der Waals surface area contributed by atoms with E-state index in [-0.39, 0.29) is 11.5 Å². The minimum absolute atomic E-state index is 0.124. The Labute approximate surface area is 125 Å². The summed E-state index contributed by atoms with van der Waals surface area (Å²) in [6.45, 7) is 4.19. The molecular weight excluding hydrogens is 268 g/mol. The topological polar surface area (TPSA) is 34.1 Å². The summed E-state index contributed by atoms with van der Waals surface area (Å²) in [7, 11) is -1.18. The van der Waals surface area contributed by atoms with Crippen LogP contribution in [0.15, 0.2) is 29.2 Å². The molecule has 1 atom stereocenters. The molecule has 0 saturated heterocycles. The van der Waals surface area contributed by atoms with Crippen LogP contribution in [0.25, 0.3) is 0 Å². The Kier molecular flexibility index (Phi) is 8.43. The van der Waals surface area contributed by atoms with Gasteiger partial charge >= 0.3 is 0 Å². The SMILES string of the molecule is CCCCCCCCC(=O)C[S@@](=O)c1ccc(C)cc1. The molecule has 0 spiro atoms. The van der Waals surface area contributed by atoms with Gasteiger partial charge in [-0.15, -0.1) is 0 Å². The lowest BCUT2D eigenvalue weighted by atomic mass is 10.1. The summed E-state index contributed by atoms with van der Waals surface area (Å²) in [5.74, 6) is 0.289. The number of hydrogen-bond acceptors (Lipinski definition) is 2. The maximum Gasteiger partial charge on any atom is 0.145 e. The lowest BCUT2D eigenvalue weighted by molar-refractivity contribution is -0.116. The van der Waals surface area contributed by atoms with E-state index in [2.05, 4.69) is 6.92 Å². The Balaban J connectivity index is 2.21. The number of carbonyl (C=O) groups is 1. The van der Waals surface area contributed by atoms with Gasteiger partial charge in [0.1, 0.15) is 5.78 Å². The molecule has 0 amide bonds. The average Bonchev–Trinajstić information content (AvgIpc) is 2.43. The molecule has 0 bridgehead atoms. The van der Waals surface area contributed by atoms with Crippen LogP contribution in [-0.2, 0) is 15.6 Å². The molecule has 0 aliphatic heterocycles. The van der Waals surface area contributed by atoms with E-state index in [1.807, 2.05) is 31.2 Å². The summed E-state index contributed by atoms with van der Waals surface area (Å²) in [5.41, 5.74) is 1.14. The van der Waals surface area contributed by atoms with Crippen molar-refractivity contribution in [1.29, 1.82) is 0 Å². The van der Waals surface area contributed by atoms with Crippen LogP contribution in [0.1, 0.15) is 57.4 Å². The highest BCUT2D eigenvalue weighted by molar-refractivity contribution is 7.85. The van der Waals surface area contributed by atoms with Crippen molar-refractivity contribution in [1.82, 2.24) is 0 Å². The van der Waals surface area contributed by atoms with Crippen LogP contribution in [0.3, 0.4) is 0 Å². The van der Waals surface area contributed by atoms with E-state index in [1.54, 1.807) is 0 Å². The maximum absolute atomic E-state index is 12.0. The molecule has 3 heteroatoms. The van der Waals surface area contributed by atoms with Gasteiger partial charge in [-0.1, -0.05) is 56.7 Å². The van der Waals surface area contributed by atoms with Crippen molar-refractivity contribution < 1.29 is 9.00 Å². The third-order valence-corrected chi connectivity index (χ3v) is 4.77. The number of ketones is 1. The van der Waals surface area contributed by atoms with Crippen molar-refractivity contribution >= 4 is 16.6 Å². The van der Waals surface area contributed by atoms with Gasteiger partial charge < -0.3 is 0 Å². The van der Waals surface area contributed by atoms with Crippen LogP contribution in [0, 0.1) is 6.92 Å². The van der Waals surface area contributed by atoms with E-state index < -0.39 is 10.8 Å². The second-order valence-corrected chi connectivity index (χ2v) is 6.81. The largest absolute Gasteiger partial charge is 0.299 e. The minimum atomic E-state index is -1.18. The van der Waals surface area contributed by atoms with Crippen LogP contribution in [0.4, 0.5) is 0 Å². The van der Waals surface area contributed by atoms with Crippen LogP contribution in [0.2, 0.25) is 0 Å². The number of benzene rings is 1. The first kappa shape index (κ1) is 17.1. The van der Waals surface area contributed by atoms with Crippen LogP contribution < -0.4 is 0 Å². The van der Waals surface area contributed by atoms with E-state index in [0.29, 0.717) is 6.42 Å². The molecule has 2 nitrogen and oxygen atoms in total. The number of unbranched alkanes of at least 4 members (excludes halogenated alkanes) is 5. The van der Waals surface area contributed by atoms with Crippen molar-refractivity contribution in [3.8, 4) is 0 Å². The molecule has 1 aromatic carbocycles. The third kappa shape index (κ3) is 6.99. The van der Waals surface area contributed by atoms with Gasteiger partial charge in [0.15, 0.2) is 0 Å². The summed E-state index contributed by atoms with van der Waals surface area (Å²) in [6, 6.07) is 7.57. The van der Waals surface area contributed by atoms with Crippen molar-refractivity contribution in [3.63, 3.8) is 0 Å². The zero-order valence-electron chi connectivity index (χ0n) is 12.7. The Morgan fingerprint density at radius 1 is 1.00 bits per heavy atom. The van der Waals surface area contributed by atoms with Crippen molar-refractivity contribution in [2.24, 2.45) is 0 Å². The summed E-state index contributed by atoms with van der Waals surface area (Å²) in [4.78, 5) is 12.5. The van der Waals surface area contributed by atoms with Gasteiger partial charge in [-0.3, -0.25) is 9.00 Å². The highest BCUT2D eigenvalue weighted by Crippen LogP contribution is 2.11. The second kappa shape index (κ2) is 9.87. The van der Waals surface area contributed by atoms with E-state index in [9.17, 15) is 9.00 Å². The van der Waals surface area contributed by atoms with Gasteiger partial charge in [-0.25, -0.2) is 0 Å². The number of hydrogen-bond donors (Lipinski definition) is 0. The average molecular weight is 294 g/mol. The molecule has 112 valence electrons. The van der Waals surface area contributed by atoms with E-state index in [0.717, 1.165) is 23.3 Å². The van der Waals surface area contributed by atoms with Crippen molar-refractivity contribution in [3.05, 3.63) is 29.8 Å². The fraction of sp³-hybridized carbons (Fsp3) is 0.588. The molecule has 0 radical (unpaired) electrons. The van der Waals surface area contributed by atoms with E-state index >= 15 is 0 Å². The fourth-order valence-electron chi connectivity index (χ4n) is 2.09. The van der Waals surface area contributed by atoms with Gasteiger partial charge in [0.05, 0.1) is 16.6 Å². The lowest BCUT2D eigenvalue weighted by Gasteiger charge is -2.03. The van der Waals surface area contributed by atoms with Gasteiger partial charge in [-0.2, -0.15) is 0 Å². The summed E-state index contributed by atoms with van der Waals surface area (Å²) in [5, 5.41) is 0. The molecular formula is C17H26O2S. The quantitative estimate of drug-likeness (QED) is 0.598. The van der Waals surface area contributed by atoms with Crippen LogP contribution >= 0.6 is 0 Å². The zero-order valence-corrected chi connectivity index (χ0v) is 13.5. The zero-order chi connectivity index (χ0) is 14.8. The Morgan fingerprint density at radius 3 is 2.25 bits per heavy atom. The Hall–Kier alpha value is -0.960. The molecule has 1 aromatic rings. The monoisotopic (exact) mass is 294 g/mol. The number of aryl methyl sites for hydroxylation is 1. The smallest absolute Gasteiger partial charge is 0.145 e. The number of rotatable bonds is 10. The van der Waals surface area contributed by atoms with Gasteiger partial charge in [0.2, 0.25) is 0 Å². The molecule has 0 aliphatic rings. The van der Waals surface area contributed by atoms with Crippen molar-refractivity contribution in [2.45, 2.75) is 63.7 Å². The predicted molar refractivity (Wildman–Crippen MR) is 85.5 cm³/mol. The van der Waals surface area contributed by atoms with E-state index in [1.165, 1.54) is 25.7 Å².